The van der Waals surface area contributed by atoms with Crippen molar-refractivity contribution in [2.24, 2.45) is 0 Å². The molecule has 0 fully saturated rings. The lowest BCUT2D eigenvalue weighted by atomic mass is 10.0. The summed E-state index contributed by atoms with van der Waals surface area (Å²) in [5, 5.41) is 0. The van der Waals surface area contributed by atoms with Gasteiger partial charge in [-0.2, -0.15) is 0 Å². The maximum absolute atomic E-state index is 12.1. The predicted octanol–water partition coefficient (Wildman–Crippen LogP) is 3.88. The van der Waals surface area contributed by atoms with Gasteiger partial charge in [-0.15, -0.1) is 11.3 Å². The molecule has 1 aromatic heterocycles. The van der Waals surface area contributed by atoms with Gasteiger partial charge >= 0.3 is 6.09 Å². The molecule has 0 bridgehead atoms. The second-order valence-electron chi connectivity index (χ2n) is 5.02. The molecule has 0 aliphatic carbocycles. The highest BCUT2D eigenvalue weighted by Crippen LogP contribution is 2.23. The standard InChI is InChI=1S/C16H16N2O2S/c1-11-4-3-5-13(12(11)2)9-20-16(19)18-7-6-14-15(8-18)21-10-17-14/h3-7,10H,8-9H2,1-2H3. The highest BCUT2D eigenvalue weighted by molar-refractivity contribution is 7.09. The largest absolute Gasteiger partial charge is 0.444 e. The lowest BCUT2D eigenvalue weighted by Crippen LogP contribution is -2.27. The Hall–Kier alpha value is -2.14. The number of aryl methyl sites for hydroxylation is 1. The van der Waals surface area contributed by atoms with Crippen molar-refractivity contribution in [1.29, 1.82) is 0 Å². The summed E-state index contributed by atoms with van der Waals surface area (Å²) in [5.41, 5.74) is 6.15. The van der Waals surface area contributed by atoms with Crippen LogP contribution in [0.2, 0.25) is 0 Å². The van der Waals surface area contributed by atoms with Crippen LogP contribution in [0.1, 0.15) is 27.3 Å². The second-order valence-corrected chi connectivity index (χ2v) is 5.96. The lowest BCUT2D eigenvalue weighted by Gasteiger charge is -2.20. The topological polar surface area (TPSA) is 42.4 Å². The Kier molecular flexibility index (Phi) is 3.75. The van der Waals surface area contributed by atoms with Crippen LogP contribution < -0.4 is 0 Å². The number of nitrogens with zero attached hydrogens (tertiary/aromatic N) is 2. The highest BCUT2D eigenvalue weighted by atomic mass is 32.1. The van der Waals surface area contributed by atoms with Gasteiger partial charge in [0.15, 0.2) is 0 Å². The first-order valence-electron chi connectivity index (χ1n) is 6.74. The molecule has 4 nitrogen and oxygen atoms in total. The Morgan fingerprint density at radius 2 is 2.29 bits per heavy atom. The summed E-state index contributed by atoms with van der Waals surface area (Å²) in [6.07, 6.45) is 3.24. The zero-order chi connectivity index (χ0) is 14.8. The fourth-order valence-electron chi connectivity index (χ4n) is 2.22. The Balaban J connectivity index is 1.64. The van der Waals surface area contributed by atoms with Gasteiger partial charge in [0.2, 0.25) is 0 Å². The molecule has 0 saturated carbocycles. The first kappa shape index (κ1) is 13.8. The molecule has 0 spiro atoms. The predicted molar refractivity (Wildman–Crippen MR) is 82.8 cm³/mol. The second kappa shape index (κ2) is 5.69. The van der Waals surface area contributed by atoms with Crippen LogP contribution in [0, 0.1) is 13.8 Å². The Bertz CT molecular complexity index is 706. The molecule has 21 heavy (non-hydrogen) atoms. The van der Waals surface area contributed by atoms with Crippen molar-refractivity contribution in [3.63, 3.8) is 0 Å². The summed E-state index contributed by atoms with van der Waals surface area (Å²) in [7, 11) is 0. The van der Waals surface area contributed by atoms with Gasteiger partial charge < -0.3 is 4.74 Å². The maximum Gasteiger partial charge on any atom is 0.414 e. The quantitative estimate of drug-likeness (QED) is 0.845. The summed E-state index contributed by atoms with van der Waals surface area (Å²) in [5.74, 6) is 0. The van der Waals surface area contributed by atoms with E-state index in [9.17, 15) is 4.79 Å². The van der Waals surface area contributed by atoms with E-state index >= 15 is 0 Å². The zero-order valence-corrected chi connectivity index (χ0v) is 12.8. The number of hydrogen-bond acceptors (Lipinski definition) is 4. The molecular formula is C16H16N2O2S. The lowest BCUT2D eigenvalue weighted by molar-refractivity contribution is 0.109. The van der Waals surface area contributed by atoms with Gasteiger partial charge in [0, 0.05) is 6.20 Å². The van der Waals surface area contributed by atoms with E-state index < -0.39 is 0 Å². The van der Waals surface area contributed by atoms with E-state index in [0.717, 1.165) is 16.1 Å². The van der Waals surface area contributed by atoms with Crippen LogP contribution in [0.3, 0.4) is 0 Å². The van der Waals surface area contributed by atoms with Crippen molar-refractivity contribution in [1.82, 2.24) is 9.88 Å². The maximum atomic E-state index is 12.1. The Morgan fingerprint density at radius 3 is 3.14 bits per heavy atom. The van der Waals surface area contributed by atoms with Crippen LogP contribution in [0.25, 0.3) is 6.08 Å². The van der Waals surface area contributed by atoms with E-state index in [1.165, 1.54) is 11.1 Å². The molecule has 0 radical (unpaired) electrons. The summed E-state index contributed by atoms with van der Waals surface area (Å²) in [6, 6.07) is 6.03. The van der Waals surface area contributed by atoms with Crippen LogP contribution in [-0.4, -0.2) is 16.0 Å². The van der Waals surface area contributed by atoms with Crippen LogP contribution in [0.4, 0.5) is 4.79 Å². The average molecular weight is 300 g/mol. The summed E-state index contributed by atoms with van der Waals surface area (Å²) in [4.78, 5) is 19.0. The minimum Gasteiger partial charge on any atom is -0.444 e. The number of amides is 1. The van der Waals surface area contributed by atoms with E-state index in [4.69, 9.17) is 4.74 Å². The minimum atomic E-state index is -0.328. The van der Waals surface area contributed by atoms with Gasteiger partial charge in [0.25, 0.3) is 0 Å². The van der Waals surface area contributed by atoms with Crippen LogP contribution in [0.5, 0.6) is 0 Å². The molecule has 2 aromatic rings. The first-order valence-corrected chi connectivity index (χ1v) is 7.62. The summed E-state index contributed by atoms with van der Waals surface area (Å²) < 4.78 is 5.41. The zero-order valence-electron chi connectivity index (χ0n) is 12.0. The molecule has 0 saturated heterocycles. The van der Waals surface area contributed by atoms with Gasteiger partial charge in [-0.25, -0.2) is 9.78 Å². The van der Waals surface area contributed by atoms with Crippen molar-refractivity contribution in [2.45, 2.75) is 27.0 Å². The van der Waals surface area contributed by atoms with Gasteiger partial charge in [-0.05, 0) is 36.6 Å². The summed E-state index contributed by atoms with van der Waals surface area (Å²) >= 11 is 1.55. The van der Waals surface area contributed by atoms with E-state index in [0.29, 0.717) is 13.2 Å². The monoisotopic (exact) mass is 300 g/mol. The number of fused-ring (bicyclic) bond motifs is 1. The van der Waals surface area contributed by atoms with Gasteiger partial charge in [0.1, 0.15) is 6.61 Å². The molecule has 5 heteroatoms. The minimum absolute atomic E-state index is 0.298. The van der Waals surface area contributed by atoms with Crippen LogP contribution in [0.15, 0.2) is 29.9 Å². The normalized spacial score (nSPS) is 13.1. The third kappa shape index (κ3) is 2.83. The average Bonchev–Trinajstić information content (AvgIpc) is 2.96. The number of carbonyl (C=O) groups is 1. The Labute approximate surface area is 127 Å². The number of carbonyl (C=O) groups excluding carboxylic acids is 1. The molecule has 2 heterocycles. The molecule has 1 aliphatic rings. The molecule has 1 aromatic carbocycles. The number of benzene rings is 1. The molecule has 0 unspecified atom stereocenters. The van der Waals surface area contributed by atoms with E-state index in [-0.39, 0.29) is 6.09 Å². The molecule has 108 valence electrons. The van der Waals surface area contributed by atoms with Gasteiger partial charge in [0.05, 0.1) is 22.6 Å². The Morgan fingerprint density at radius 1 is 1.43 bits per heavy atom. The number of ether oxygens (including phenoxy) is 1. The molecular weight excluding hydrogens is 284 g/mol. The van der Waals surface area contributed by atoms with Crippen molar-refractivity contribution in [3.8, 4) is 0 Å². The van der Waals surface area contributed by atoms with Gasteiger partial charge in [-0.1, -0.05) is 18.2 Å². The highest BCUT2D eigenvalue weighted by Gasteiger charge is 2.19. The number of rotatable bonds is 2. The number of aromatic nitrogens is 1. The van der Waals surface area contributed by atoms with Crippen molar-refractivity contribution >= 4 is 23.5 Å². The van der Waals surface area contributed by atoms with E-state index in [1.807, 2.05) is 25.1 Å². The van der Waals surface area contributed by atoms with Crippen molar-refractivity contribution in [3.05, 3.63) is 57.2 Å². The third-order valence-corrected chi connectivity index (χ3v) is 4.53. The molecule has 1 amide bonds. The summed E-state index contributed by atoms with van der Waals surface area (Å²) in [6.45, 7) is 4.93. The third-order valence-electron chi connectivity index (χ3n) is 3.70. The van der Waals surface area contributed by atoms with Crippen molar-refractivity contribution < 1.29 is 9.53 Å². The number of hydrogen-bond donors (Lipinski definition) is 0. The molecule has 0 N–H and O–H groups in total. The number of thiazole rings is 1. The molecule has 1 aliphatic heterocycles. The molecule has 3 rings (SSSR count). The van der Waals surface area contributed by atoms with Crippen LogP contribution in [-0.2, 0) is 17.9 Å². The first-order chi connectivity index (χ1) is 10.1. The smallest absolute Gasteiger partial charge is 0.414 e. The van der Waals surface area contributed by atoms with E-state index in [1.54, 1.807) is 27.9 Å². The van der Waals surface area contributed by atoms with E-state index in [2.05, 4.69) is 18.0 Å². The SMILES string of the molecule is Cc1cccc(COC(=O)N2C=Cc3ncsc3C2)c1C. The van der Waals surface area contributed by atoms with Crippen molar-refractivity contribution in [2.75, 3.05) is 0 Å². The fourth-order valence-corrected chi connectivity index (χ4v) is 2.97. The van der Waals surface area contributed by atoms with Crippen LogP contribution >= 0.6 is 11.3 Å². The molecule has 0 atom stereocenters. The van der Waals surface area contributed by atoms with Gasteiger partial charge in [-0.3, -0.25) is 4.90 Å². The fraction of sp³-hybridized carbons (Fsp3) is 0.250.